The predicted molar refractivity (Wildman–Crippen MR) is 122 cm³/mol. The van der Waals surface area contributed by atoms with Crippen molar-refractivity contribution in [2.24, 2.45) is 0 Å². The third-order valence-corrected chi connectivity index (χ3v) is 7.08. The van der Waals surface area contributed by atoms with Crippen molar-refractivity contribution in [3.63, 3.8) is 0 Å². The normalized spacial score (nSPS) is 10.7. The molecule has 148 valence electrons. The van der Waals surface area contributed by atoms with Crippen LogP contribution in [0.2, 0.25) is 5.02 Å². The number of thiophene rings is 1. The highest BCUT2D eigenvalue weighted by Gasteiger charge is 2.26. The zero-order valence-electron chi connectivity index (χ0n) is 15.9. The molecule has 0 aliphatic heterocycles. The van der Waals surface area contributed by atoms with Gasteiger partial charge in [0.2, 0.25) is 0 Å². The van der Waals surface area contributed by atoms with E-state index in [0.717, 1.165) is 26.1 Å². The fourth-order valence-corrected chi connectivity index (χ4v) is 5.81. The molecule has 0 spiro atoms. The van der Waals surface area contributed by atoms with Gasteiger partial charge in [0.05, 0.1) is 16.2 Å². The number of hydrogen-bond donors (Lipinski definition) is 1. The number of carbonyl (C=O) groups is 1. The van der Waals surface area contributed by atoms with Gasteiger partial charge in [0.15, 0.2) is 0 Å². The van der Waals surface area contributed by atoms with E-state index in [1.807, 2.05) is 42.5 Å². The fraction of sp³-hybridized carbons (Fsp3) is 0.0870. The smallest absolute Gasteiger partial charge is 0.349 e. The minimum atomic E-state index is -0.406. The van der Waals surface area contributed by atoms with Gasteiger partial charge in [-0.2, -0.15) is 5.26 Å². The van der Waals surface area contributed by atoms with Crippen molar-refractivity contribution in [3.05, 3.63) is 74.7 Å². The van der Waals surface area contributed by atoms with Crippen LogP contribution in [0, 0.1) is 16.7 Å². The minimum Gasteiger partial charge on any atom is -0.462 e. The number of rotatable bonds is 4. The number of nitrogens with zero attached hydrogens (tertiary/aromatic N) is 1. The Hall–Kier alpha value is -2.98. The number of benzene rings is 2. The fourth-order valence-electron chi connectivity index (χ4n) is 3.32. The first-order chi connectivity index (χ1) is 14.5. The molecular weight excluding hydrogens is 436 g/mol. The molecule has 30 heavy (non-hydrogen) atoms. The lowest BCUT2D eigenvalue weighted by Gasteiger charge is -2.10. The minimum absolute atomic E-state index is 0.159. The number of ether oxygens (including phenoxy) is 1. The average Bonchev–Trinajstić information content (AvgIpc) is 3.13. The molecule has 4 rings (SSSR count). The van der Waals surface area contributed by atoms with Crippen LogP contribution in [0.1, 0.15) is 22.2 Å². The van der Waals surface area contributed by atoms with E-state index in [1.165, 1.54) is 22.7 Å². The van der Waals surface area contributed by atoms with Crippen molar-refractivity contribution in [2.45, 2.75) is 6.92 Å². The summed E-state index contributed by atoms with van der Waals surface area (Å²) in [5, 5.41) is 19.6. The van der Waals surface area contributed by atoms with Gasteiger partial charge in [-0.1, -0.05) is 54.1 Å². The second-order valence-electron chi connectivity index (χ2n) is 6.36. The molecule has 0 saturated carbocycles. The summed E-state index contributed by atoms with van der Waals surface area (Å²) < 4.78 is 6.27. The number of hydrogen-bond acceptors (Lipinski definition) is 6. The summed E-state index contributed by atoms with van der Waals surface area (Å²) in [7, 11) is 0. The quantitative estimate of drug-likeness (QED) is 0.361. The third-order valence-electron chi connectivity index (χ3n) is 4.57. The highest BCUT2D eigenvalue weighted by Crippen LogP contribution is 2.45. The Morgan fingerprint density at radius 2 is 1.73 bits per heavy atom. The Morgan fingerprint density at radius 3 is 2.37 bits per heavy atom. The van der Waals surface area contributed by atoms with Crippen LogP contribution in [-0.2, 0) is 4.74 Å². The SMILES string of the molecule is CCOC(=O)c1sc2sc(=N)c(C#N)c(-c3ccc(Cl)cc3)c2c1-c1ccccc1. The average molecular weight is 451 g/mol. The highest BCUT2D eigenvalue weighted by molar-refractivity contribution is 7.38. The number of esters is 1. The van der Waals surface area contributed by atoms with E-state index in [2.05, 4.69) is 6.07 Å². The van der Waals surface area contributed by atoms with Gasteiger partial charge >= 0.3 is 5.97 Å². The van der Waals surface area contributed by atoms with E-state index < -0.39 is 5.97 Å². The van der Waals surface area contributed by atoms with Crippen molar-refractivity contribution in [2.75, 3.05) is 6.61 Å². The first-order valence-electron chi connectivity index (χ1n) is 9.12. The standard InChI is InChI=1S/C23H15ClN2O2S2/c1-2-28-22(27)20-18(13-6-4-3-5-7-13)19-17(14-8-10-15(24)11-9-14)16(12-25)21(26)30-23(19)29-20/h3-11,26H,2H2,1H3. The van der Waals surface area contributed by atoms with Crippen LogP contribution in [0.3, 0.4) is 0 Å². The molecule has 1 N–H and O–H groups in total. The summed E-state index contributed by atoms with van der Waals surface area (Å²) in [6.45, 7) is 2.03. The van der Waals surface area contributed by atoms with Gasteiger partial charge in [-0.05, 0) is 30.2 Å². The number of carbonyl (C=O) groups excluding carboxylic acids is 1. The number of halogens is 1. The lowest BCUT2D eigenvalue weighted by Crippen LogP contribution is -2.05. The molecule has 2 aromatic carbocycles. The molecule has 0 amide bonds. The Kier molecular flexibility index (Phi) is 5.69. The molecule has 7 heteroatoms. The van der Waals surface area contributed by atoms with Crippen LogP contribution in [0.25, 0.3) is 31.7 Å². The van der Waals surface area contributed by atoms with Gasteiger partial charge in [-0.25, -0.2) is 4.79 Å². The Bertz CT molecular complexity index is 1350. The second-order valence-corrected chi connectivity index (χ2v) is 9.09. The van der Waals surface area contributed by atoms with Gasteiger partial charge in [-0.15, -0.1) is 22.7 Å². The lowest BCUT2D eigenvalue weighted by molar-refractivity contribution is 0.0533. The molecule has 4 aromatic rings. The summed E-state index contributed by atoms with van der Waals surface area (Å²) in [5.41, 5.74) is 3.27. The molecule has 0 radical (unpaired) electrons. The van der Waals surface area contributed by atoms with Crippen LogP contribution in [0.4, 0.5) is 0 Å². The van der Waals surface area contributed by atoms with Gasteiger partial charge in [0, 0.05) is 21.5 Å². The molecule has 0 aliphatic rings. The van der Waals surface area contributed by atoms with E-state index in [0.29, 0.717) is 15.5 Å². The lowest BCUT2D eigenvalue weighted by atomic mass is 9.94. The number of nitrogens with one attached hydrogen (secondary N) is 1. The summed E-state index contributed by atoms with van der Waals surface area (Å²) in [5.74, 6) is -0.406. The summed E-state index contributed by atoms with van der Waals surface area (Å²) in [4.78, 5) is 13.3. The molecular formula is C23H15ClN2O2S2. The van der Waals surface area contributed by atoms with Gasteiger partial charge < -0.3 is 4.74 Å². The second kappa shape index (κ2) is 8.41. The Balaban J connectivity index is 2.19. The van der Waals surface area contributed by atoms with Crippen molar-refractivity contribution in [1.29, 1.82) is 10.7 Å². The number of fused-ring (bicyclic) bond motifs is 1. The predicted octanol–water partition coefficient (Wildman–Crippen LogP) is 6.48. The molecule has 4 nitrogen and oxygen atoms in total. The monoisotopic (exact) mass is 450 g/mol. The number of nitriles is 1. The molecule has 0 aliphatic carbocycles. The zero-order valence-corrected chi connectivity index (χ0v) is 18.3. The zero-order chi connectivity index (χ0) is 21.3. The molecule has 0 fully saturated rings. The third kappa shape index (κ3) is 3.52. The molecule has 0 bridgehead atoms. The maximum atomic E-state index is 12.8. The largest absolute Gasteiger partial charge is 0.462 e. The van der Waals surface area contributed by atoms with Gasteiger partial charge in [-0.3, -0.25) is 5.41 Å². The topological polar surface area (TPSA) is 73.9 Å². The van der Waals surface area contributed by atoms with Crippen LogP contribution < -0.4 is 4.67 Å². The van der Waals surface area contributed by atoms with E-state index in [4.69, 9.17) is 21.7 Å². The van der Waals surface area contributed by atoms with E-state index in [9.17, 15) is 10.1 Å². The molecule has 2 aromatic heterocycles. The maximum absolute atomic E-state index is 12.8. The highest BCUT2D eigenvalue weighted by atomic mass is 35.5. The van der Waals surface area contributed by atoms with E-state index in [1.54, 1.807) is 19.1 Å². The van der Waals surface area contributed by atoms with Crippen LogP contribution in [0.15, 0.2) is 54.6 Å². The van der Waals surface area contributed by atoms with Crippen LogP contribution in [0.5, 0.6) is 0 Å². The molecule has 0 saturated heterocycles. The van der Waals surface area contributed by atoms with Crippen molar-refractivity contribution < 1.29 is 9.53 Å². The molecule has 2 heterocycles. The van der Waals surface area contributed by atoms with Gasteiger partial charge in [0.1, 0.15) is 15.6 Å². The summed E-state index contributed by atoms with van der Waals surface area (Å²) in [6.07, 6.45) is 0. The maximum Gasteiger partial charge on any atom is 0.349 e. The Morgan fingerprint density at radius 1 is 1.07 bits per heavy atom. The Labute approximate surface area is 186 Å². The summed E-state index contributed by atoms with van der Waals surface area (Å²) >= 11 is 8.57. The first-order valence-corrected chi connectivity index (χ1v) is 11.1. The van der Waals surface area contributed by atoms with Crippen molar-refractivity contribution >= 4 is 49.6 Å². The molecule has 0 atom stereocenters. The van der Waals surface area contributed by atoms with E-state index in [-0.39, 0.29) is 16.8 Å². The first kappa shape index (κ1) is 20.3. The van der Waals surface area contributed by atoms with Crippen LogP contribution in [-0.4, -0.2) is 12.6 Å². The molecule has 0 unspecified atom stereocenters. The van der Waals surface area contributed by atoms with Crippen molar-refractivity contribution in [1.82, 2.24) is 0 Å². The summed E-state index contributed by atoms with van der Waals surface area (Å²) in [6, 6.07) is 18.9. The van der Waals surface area contributed by atoms with Crippen LogP contribution >= 0.6 is 34.3 Å². The van der Waals surface area contributed by atoms with E-state index >= 15 is 0 Å². The van der Waals surface area contributed by atoms with Crippen molar-refractivity contribution in [3.8, 4) is 28.3 Å². The van der Waals surface area contributed by atoms with Gasteiger partial charge in [0.25, 0.3) is 0 Å².